The van der Waals surface area contributed by atoms with Crippen LogP contribution in [0.15, 0.2) is 54.6 Å². The number of ether oxygens (including phenoxy) is 1. The molecule has 0 aliphatic rings. The minimum absolute atomic E-state index is 0.144. The van der Waals surface area contributed by atoms with Gasteiger partial charge in [-0.2, -0.15) is 0 Å². The molecule has 4 nitrogen and oxygen atoms in total. The molecule has 1 amide bonds. The molecule has 5 heteroatoms. The molecular formula is C20H25FN2O2. The Kier molecular flexibility index (Phi) is 7.26. The van der Waals surface area contributed by atoms with E-state index in [0.717, 1.165) is 18.7 Å². The number of nitrogens with one attached hydrogen (secondary N) is 1. The van der Waals surface area contributed by atoms with E-state index in [2.05, 4.69) is 22.3 Å². The number of nitrogens with zero attached hydrogens (tertiary/aromatic N) is 1. The Morgan fingerprint density at radius 1 is 1.16 bits per heavy atom. The maximum Gasteiger partial charge on any atom is 0.261 e. The average molecular weight is 344 g/mol. The van der Waals surface area contributed by atoms with Crippen molar-refractivity contribution in [3.05, 3.63) is 60.4 Å². The second-order valence-electron chi connectivity index (χ2n) is 5.87. The molecule has 0 unspecified atom stereocenters. The minimum Gasteiger partial charge on any atom is -0.481 e. The molecule has 0 saturated carbocycles. The number of benzene rings is 2. The standard InChI is InChI=1S/C20H25FN2O2/c1-3-19(25-18-12-10-16(21)11-13-18)20(24)22-14-7-15-23(2)17-8-5-4-6-9-17/h4-6,8-13,19H,3,7,14-15H2,1-2H3,(H,22,24)/t19-/m0/s1. The molecule has 0 bridgehead atoms. The van der Waals surface area contributed by atoms with Crippen LogP contribution in [0.4, 0.5) is 10.1 Å². The van der Waals surface area contributed by atoms with Crippen LogP contribution in [0.25, 0.3) is 0 Å². The van der Waals surface area contributed by atoms with Crippen LogP contribution >= 0.6 is 0 Å². The van der Waals surface area contributed by atoms with E-state index in [1.54, 1.807) is 0 Å². The summed E-state index contributed by atoms with van der Waals surface area (Å²) in [4.78, 5) is 14.4. The van der Waals surface area contributed by atoms with Gasteiger partial charge >= 0.3 is 0 Å². The Bertz CT molecular complexity index is 647. The minimum atomic E-state index is -0.572. The zero-order valence-corrected chi connectivity index (χ0v) is 14.7. The molecule has 0 radical (unpaired) electrons. The van der Waals surface area contributed by atoms with Gasteiger partial charge in [-0.3, -0.25) is 4.79 Å². The van der Waals surface area contributed by atoms with E-state index >= 15 is 0 Å². The number of halogens is 1. The normalized spacial score (nSPS) is 11.6. The Morgan fingerprint density at radius 3 is 2.48 bits per heavy atom. The van der Waals surface area contributed by atoms with Crippen LogP contribution in [0.3, 0.4) is 0 Å². The Labute approximate surface area is 148 Å². The highest BCUT2D eigenvalue weighted by Gasteiger charge is 2.17. The number of amides is 1. The summed E-state index contributed by atoms with van der Waals surface area (Å²) in [6, 6.07) is 15.8. The SMILES string of the molecule is CC[C@H](Oc1ccc(F)cc1)C(=O)NCCCN(C)c1ccccc1. The van der Waals surface area contributed by atoms with Crippen LogP contribution in [-0.2, 0) is 4.79 Å². The first-order valence-corrected chi connectivity index (χ1v) is 8.56. The summed E-state index contributed by atoms with van der Waals surface area (Å²) in [5.74, 6) is 0.0220. The van der Waals surface area contributed by atoms with E-state index < -0.39 is 6.10 Å². The van der Waals surface area contributed by atoms with E-state index in [-0.39, 0.29) is 11.7 Å². The van der Waals surface area contributed by atoms with Crippen molar-refractivity contribution in [3.8, 4) is 5.75 Å². The summed E-state index contributed by atoms with van der Waals surface area (Å²) in [5, 5.41) is 2.91. The molecule has 2 aromatic carbocycles. The van der Waals surface area contributed by atoms with Crippen LogP contribution in [-0.4, -0.2) is 32.1 Å². The quantitative estimate of drug-likeness (QED) is 0.707. The number of hydrogen-bond acceptors (Lipinski definition) is 3. The zero-order chi connectivity index (χ0) is 18.1. The number of hydrogen-bond donors (Lipinski definition) is 1. The van der Waals surface area contributed by atoms with Crippen molar-refractivity contribution >= 4 is 11.6 Å². The topological polar surface area (TPSA) is 41.6 Å². The van der Waals surface area contributed by atoms with E-state index in [1.807, 2.05) is 32.2 Å². The van der Waals surface area contributed by atoms with Crippen LogP contribution in [0, 0.1) is 5.82 Å². The van der Waals surface area contributed by atoms with Gasteiger partial charge in [0.15, 0.2) is 6.10 Å². The third kappa shape index (κ3) is 6.10. The first-order valence-electron chi connectivity index (χ1n) is 8.56. The molecule has 0 spiro atoms. The van der Waals surface area contributed by atoms with Gasteiger partial charge < -0.3 is 15.0 Å². The molecule has 0 aliphatic heterocycles. The Balaban J connectivity index is 1.73. The molecule has 2 rings (SSSR count). The van der Waals surface area contributed by atoms with Gasteiger partial charge in [0, 0.05) is 25.8 Å². The van der Waals surface area contributed by atoms with Crippen molar-refractivity contribution in [2.45, 2.75) is 25.9 Å². The maximum atomic E-state index is 12.9. The smallest absolute Gasteiger partial charge is 0.261 e. The van der Waals surface area contributed by atoms with Crippen molar-refractivity contribution in [2.75, 3.05) is 25.0 Å². The molecule has 1 N–H and O–H groups in total. The summed E-state index contributed by atoms with van der Waals surface area (Å²) < 4.78 is 18.6. The van der Waals surface area contributed by atoms with Crippen LogP contribution in [0.2, 0.25) is 0 Å². The predicted octanol–water partition coefficient (Wildman–Crippen LogP) is 3.63. The first-order chi connectivity index (χ1) is 12.1. The highest BCUT2D eigenvalue weighted by Crippen LogP contribution is 2.14. The molecule has 0 heterocycles. The molecule has 0 saturated heterocycles. The molecule has 25 heavy (non-hydrogen) atoms. The Morgan fingerprint density at radius 2 is 1.84 bits per heavy atom. The predicted molar refractivity (Wildman–Crippen MR) is 98.4 cm³/mol. The fraction of sp³-hybridized carbons (Fsp3) is 0.350. The number of rotatable bonds is 9. The highest BCUT2D eigenvalue weighted by atomic mass is 19.1. The summed E-state index contributed by atoms with van der Waals surface area (Å²) in [7, 11) is 2.03. The van der Waals surface area contributed by atoms with Crippen molar-refractivity contribution in [1.29, 1.82) is 0 Å². The molecule has 2 aromatic rings. The van der Waals surface area contributed by atoms with E-state index in [9.17, 15) is 9.18 Å². The fourth-order valence-corrected chi connectivity index (χ4v) is 2.45. The number of anilines is 1. The van der Waals surface area contributed by atoms with Crippen molar-refractivity contribution < 1.29 is 13.9 Å². The lowest BCUT2D eigenvalue weighted by molar-refractivity contribution is -0.128. The van der Waals surface area contributed by atoms with Crippen LogP contribution < -0.4 is 15.0 Å². The summed E-state index contributed by atoms with van der Waals surface area (Å²) in [6.07, 6.45) is 0.814. The third-order valence-electron chi connectivity index (χ3n) is 3.92. The van der Waals surface area contributed by atoms with Gasteiger partial charge in [0.05, 0.1) is 0 Å². The van der Waals surface area contributed by atoms with Crippen molar-refractivity contribution in [1.82, 2.24) is 5.32 Å². The first kappa shape index (κ1) is 18.8. The maximum absolute atomic E-state index is 12.9. The summed E-state index contributed by atoms with van der Waals surface area (Å²) >= 11 is 0. The highest BCUT2D eigenvalue weighted by molar-refractivity contribution is 5.81. The molecule has 0 fully saturated rings. The van der Waals surface area contributed by atoms with Gasteiger partial charge in [0.2, 0.25) is 0 Å². The van der Waals surface area contributed by atoms with Crippen LogP contribution in [0.1, 0.15) is 19.8 Å². The van der Waals surface area contributed by atoms with Gasteiger partial charge in [-0.25, -0.2) is 4.39 Å². The van der Waals surface area contributed by atoms with Gasteiger partial charge in [-0.1, -0.05) is 25.1 Å². The van der Waals surface area contributed by atoms with Crippen LogP contribution in [0.5, 0.6) is 5.75 Å². The van der Waals surface area contributed by atoms with Gasteiger partial charge in [0.25, 0.3) is 5.91 Å². The van der Waals surface area contributed by atoms with E-state index in [4.69, 9.17) is 4.74 Å². The Hall–Kier alpha value is -2.56. The number of para-hydroxylation sites is 1. The fourth-order valence-electron chi connectivity index (χ4n) is 2.45. The largest absolute Gasteiger partial charge is 0.481 e. The summed E-state index contributed by atoms with van der Waals surface area (Å²) in [6.45, 7) is 3.32. The second-order valence-corrected chi connectivity index (χ2v) is 5.87. The molecular weight excluding hydrogens is 319 g/mol. The monoisotopic (exact) mass is 344 g/mol. The molecule has 0 aliphatic carbocycles. The molecule has 1 atom stereocenters. The lowest BCUT2D eigenvalue weighted by Crippen LogP contribution is -2.39. The van der Waals surface area contributed by atoms with E-state index in [1.165, 1.54) is 24.3 Å². The molecule has 0 aromatic heterocycles. The zero-order valence-electron chi connectivity index (χ0n) is 14.7. The summed E-state index contributed by atoms with van der Waals surface area (Å²) in [5.41, 5.74) is 1.15. The van der Waals surface area contributed by atoms with E-state index in [0.29, 0.717) is 18.7 Å². The van der Waals surface area contributed by atoms with Gasteiger partial charge in [0.1, 0.15) is 11.6 Å². The average Bonchev–Trinajstić information content (AvgIpc) is 2.65. The lowest BCUT2D eigenvalue weighted by Gasteiger charge is -2.20. The second kappa shape index (κ2) is 9.67. The number of carbonyl (C=O) groups excluding carboxylic acids is 1. The third-order valence-corrected chi connectivity index (χ3v) is 3.92. The number of carbonyl (C=O) groups is 1. The lowest BCUT2D eigenvalue weighted by atomic mass is 10.2. The van der Waals surface area contributed by atoms with Crippen molar-refractivity contribution in [3.63, 3.8) is 0 Å². The van der Waals surface area contributed by atoms with Gasteiger partial charge in [-0.15, -0.1) is 0 Å². The van der Waals surface area contributed by atoms with Gasteiger partial charge in [-0.05, 0) is 49.2 Å². The van der Waals surface area contributed by atoms with Crippen molar-refractivity contribution in [2.24, 2.45) is 0 Å². The molecule has 134 valence electrons.